The fraction of sp³-hybridized carbons (Fsp3) is 0.130. The molecule has 1 amide bonds. The molecule has 0 fully saturated rings. The standard InChI is InChI=1S/C23H19F3N4O3S/c1-2-22(31)27-29-34(32,33)19-11-9-18(10-12-19)30-20(14-21(28-30)23(24,25)26)17-8-7-15-5-3-4-6-16(15)13-17/h3-14,29H,2H2,1H3,(H,27,31). The van der Waals surface area contributed by atoms with E-state index in [0.717, 1.165) is 21.5 Å². The fourth-order valence-corrected chi connectivity index (χ4v) is 4.17. The van der Waals surface area contributed by atoms with E-state index in [9.17, 15) is 26.4 Å². The van der Waals surface area contributed by atoms with Gasteiger partial charge >= 0.3 is 6.18 Å². The second-order valence-electron chi connectivity index (χ2n) is 7.39. The first-order valence-electron chi connectivity index (χ1n) is 10.2. The van der Waals surface area contributed by atoms with E-state index in [-0.39, 0.29) is 22.7 Å². The zero-order valence-electron chi connectivity index (χ0n) is 17.8. The van der Waals surface area contributed by atoms with Crippen molar-refractivity contribution in [3.63, 3.8) is 0 Å². The molecule has 34 heavy (non-hydrogen) atoms. The van der Waals surface area contributed by atoms with Crippen molar-refractivity contribution in [2.24, 2.45) is 0 Å². The van der Waals surface area contributed by atoms with Gasteiger partial charge in [-0.3, -0.25) is 10.2 Å². The fourth-order valence-electron chi connectivity index (χ4n) is 3.31. The van der Waals surface area contributed by atoms with Gasteiger partial charge in [0.1, 0.15) is 0 Å². The van der Waals surface area contributed by atoms with Gasteiger partial charge in [-0.1, -0.05) is 43.3 Å². The second kappa shape index (κ2) is 8.92. The lowest BCUT2D eigenvalue weighted by atomic mass is 10.0. The zero-order valence-corrected chi connectivity index (χ0v) is 18.6. The van der Waals surface area contributed by atoms with E-state index in [0.29, 0.717) is 5.56 Å². The number of amides is 1. The summed E-state index contributed by atoms with van der Waals surface area (Å²) in [7, 11) is -4.06. The molecule has 4 rings (SSSR count). The summed E-state index contributed by atoms with van der Waals surface area (Å²) in [6.07, 6.45) is -4.58. The molecule has 0 bridgehead atoms. The van der Waals surface area contributed by atoms with E-state index in [1.807, 2.05) is 29.1 Å². The van der Waals surface area contributed by atoms with Crippen LogP contribution in [0.5, 0.6) is 0 Å². The summed E-state index contributed by atoms with van der Waals surface area (Å²) in [5.74, 6) is -0.517. The summed E-state index contributed by atoms with van der Waals surface area (Å²) < 4.78 is 66.2. The van der Waals surface area contributed by atoms with Crippen LogP contribution in [-0.4, -0.2) is 24.1 Å². The predicted molar refractivity (Wildman–Crippen MR) is 120 cm³/mol. The number of carbonyl (C=O) groups excluding carboxylic acids is 1. The Labute approximate surface area is 193 Å². The van der Waals surface area contributed by atoms with Crippen molar-refractivity contribution < 1.29 is 26.4 Å². The molecule has 1 aromatic heterocycles. The molecule has 0 spiro atoms. The molecule has 0 aliphatic carbocycles. The number of hydrogen-bond donors (Lipinski definition) is 2. The van der Waals surface area contributed by atoms with Crippen LogP contribution in [0, 0.1) is 0 Å². The van der Waals surface area contributed by atoms with Crippen LogP contribution < -0.4 is 10.3 Å². The zero-order chi connectivity index (χ0) is 24.5. The Kier molecular flexibility index (Phi) is 6.15. The summed E-state index contributed by atoms with van der Waals surface area (Å²) in [5.41, 5.74) is 1.93. The number of benzene rings is 3. The van der Waals surface area contributed by atoms with E-state index < -0.39 is 27.8 Å². The lowest BCUT2D eigenvalue weighted by molar-refractivity contribution is -0.141. The summed E-state index contributed by atoms with van der Waals surface area (Å²) >= 11 is 0. The second-order valence-corrected chi connectivity index (χ2v) is 9.07. The first kappa shape index (κ1) is 23.5. The first-order chi connectivity index (χ1) is 16.1. The van der Waals surface area contributed by atoms with Crippen molar-refractivity contribution in [3.05, 3.63) is 78.5 Å². The molecule has 7 nitrogen and oxygen atoms in total. The molecule has 4 aromatic rings. The molecular formula is C23H19F3N4O3S. The minimum Gasteiger partial charge on any atom is -0.278 e. The lowest BCUT2D eigenvalue weighted by Gasteiger charge is -2.11. The van der Waals surface area contributed by atoms with Gasteiger partial charge in [0.15, 0.2) is 5.69 Å². The van der Waals surface area contributed by atoms with Crippen molar-refractivity contribution in [3.8, 4) is 16.9 Å². The van der Waals surface area contributed by atoms with Crippen LogP contribution in [0.3, 0.4) is 0 Å². The Morgan fingerprint density at radius 3 is 2.29 bits per heavy atom. The highest BCUT2D eigenvalue weighted by Crippen LogP contribution is 2.34. The molecule has 0 unspecified atom stereocenters. The van der Waals surface area contributed by atoms with Gasteiger partial charge in [-0.25, -0.2) is 13.1 Å². The average Bonchev–Trinajstić information content (AvgIpc) is 3.28. The maximum absolute atomic E-state index is 13.5. The van der Waals surface area contributed by atoms with Gasteiger partial charge in [0.25, 0.3) is 10.0 Å². The molecule has 0 saturated carbocycles. The number of sulfonamides is 1. The molecule has 176 valence electrons. The maximum Gasteiger partial charge on any atom is 0.435 e. The molecule has 0 atom stereocenters. The van der Waals surface area contributed by atoms with E-state index in [2.05, 4.69) is 10.5 Å². The summed E-state index contributed by atoms with van der Waals surface area (Å²) in [6, 6.07) is 18.8. The third-order valence-corrected chi connectivity index (χ3v) is 6.35. The van der Waals surface area contributed by atoms with Crippen molar-refractivity contribution in [2.75, 3.05) is 0 Å². The number of alkyl halides is 3. The van der Waals surface area contributed by atoms with E-state index in [1.54, 1.807) is 25.1 Å². The molecule has 0 radical (unpaired) electrons. The quantitative estimate of drug-likeness (QED) is 0.393. The molecule has 3 aromatic carbocycles. The summed E-state index contributed by atoms with van der Waals surface area (Å²) in [6.45, 7) is 1.56. The Balaban J connectivity index is 1.75. The Hall–Kier alpha value is -3.70. The number of hydrogen-bond acceptors (Lipinski definition) is 4. The molecule has 11 heteroatoms. The predicted octanol–water partition coefficient (Wildman–Crippen LogP) is 4.43. The van der Waals surface area contributed by atoms with Crippen LogP contribution in [0.4, 0.5) is 13.2 Å². The number of fused-ring (bicyclic) bond motifs is 1. The van der Waals surface area contributed by atoms with Crippen LogP contribution >= 0.6 is 0 Å². The van der Waals surface area contributed by atoms with Crippen LogP contribution in [0.15, 0.2) is 77.7 Å². The molecule has 0 aliphatic heterocycles. The van der Waals surface area contributed by atoms with Gasteiger partial charge in [-0.05, 0) is 47.2 Å². The number of carbonyl (C=O) groups is 1. The smallest absolute Gasteiger partial charge is 0.278 e. The van der Waals surface area contributed by atoms with Gasteiger partial charge < -0.3 is 0 Å². The number of halogens is 3. The van der Waals surface area contributed by atoms with Crippen molar-refractivity contribution in [1.29, 1.82) is 0 Å². The molecule has 1 heterocycles. The van der Waals surface area contributed by atoms with Gasteiger partial charge in [-0.15, -0.1) is 4.83 Å². The summed E-state index contributed by atoms with van der Waals surface area (Å²) in [5, 5.41) is 5.53. The van der Waals surface area contributed by atoms with E-state index >= 15 is 0 Å². The highest BCUT2D eigenvalue weighted by molar-refractivity contribution is 7.89. The van der Waals surface area contributed by atoms with Crippen LogP contribution in [0.1, 0.15) is 19.0 Å². The summed E-state index contributed by atoms with van der Waals surface area (Å²) in [4.78, 5) is 13.1. The highest BCUT2D eigenvalue weighted by Gasteiger charge is 2.35. The monoisotopic (exact) mass is 488 g/mol. The minimum atomic E-state index is -4.67. The SMILES string of the molecule is CCC(=O)NNS(=O)(=O)c1ccc(-n2nc(C(F)(F)F)cc2-c2ccc3ccccc3c2)cc1. The number of aromatic nitrogens is 2. The van der Waals surface area contributed by atoms with Gasteiger partial charge in [0, 0.05) is 12.0 Å². The van der Waals surface area contributed by atoms with Gasteiger partial charge in [-0.2, -0.15) is 18.3 Å². The number of nitrogens with zero attached hydrogens (tertiary/aromatic N) is 2. The van der Waals surface area contributed by atoms with Crippen molar-refractivity contribution in [2.45, 2.75) is 24.4 Å². The minimum absolute atomic E-state index is 0.0832. The molecule has 0 aliphatic rings. The normalized spacial score (nSPS) is 12.1. The van der Waals surface area contributed by atoms with Gasteiger partial charge in [0.05, 0.1) is 16.3 Å². The molecular weight excluding hydrogens is 469 g/mol. The number of nitrogens with one attached hydrogen (secondary N) is 2. The first-order valence-corrected chi connectivity index (χ1v) is 11.6. The average molecular weight is 488 g/mol. The van der Waals surface area contributed by atoms with Crippen LogP contribution in [0.2, 0.25) is 0 Å². The van der Waals surface area contributed by atoms with Crippen molar-refractivity contribution in [1.82, 2.24) is 20.0 Å². The topological polar surface area (TPSA) is 93.1 Å². The lowest BCUT2D eigenvalue weighted by Crippen LogP contribution is -2.41. The van der Waals surface area contributed by atoms with Crippen molar-refractivity contribution >= 4 is 26.7 Å². The molecule has 0 saturated heterocycles. The van der Waals surface area contributed by atoms with Crippen LogP contribution in [0.25, 0.3) is 27.7 Å². The van der Waals surface area contributed by atoms with Gasteiger partial charge in [0.2, 0.25) is 5.91 Å². The molecule has 2 N–H and O–H groups in total. The highest BCUT2D eigenvalue weighted by atomic mass is 32.2. The van der Waals surface area contributed by atoms with Crippen LogP contribution in [-0.2, 0) is 21.0 Å². The van der Waals surface area contributed by atoms with E-state index in [4.69, 9.17) is 0 Å². The third-order valence-electron chi connectivity index (χ3n) is 5.08. The Morgan fingerprint density at radius 1 is 0.971 bits per heavy atom. The Morgan fingerprint density at radius 2 is 1.65 bits per heavy atom. The maximum atomic E-state index is 13.5. The number of hydrazine groups is 1. The largest absolute Gasteiger partial charge is 0.435 e. The Bertz CT molecular complexity index is 1460. The number of rotatable bonds is 6. The van der Waals surface area contributed by atoms with E-state index in [1.165, 1.54) is 24.3 Å². The third kappa shape index (κ3) is 4.80.